The van der Waals surface area contributed by atoms with E-state index in [4.69, 9.17) is 0 Å². The van der Waals surface area contributed by atoms with Crippen molar-refractivity contribution in [2.75, 3.05) is 6.54 Å². The smallest absolute Gasteiger partial charge is 0.161 e. The SMILES string of the molecule is CCNC(c1ccccc1C)c1cc(F)c(F)cc1F. The van der Waals surface area contributed by atoms with Crippen LogP contribution in [-0.4, -0.2) is 6.54 Å². The van der Waals surface area contributed by atoms with Crippen LogP contribution in [0.15, 0.2) is 36.4 Å². The average molecular weight is 279 g/mol. The summed E-state index contributed by atoms with van der Waals surface area (Å²) in [6.45, 7) is 4.36. The fourth-order valence-electron chi connectivity index (χ4n) is 2.26. The van der Waals surface area contributed by atoms with Crippen molar-refractivity contribution in [1.82, 2.24) is 5.32 Å². The highest BCUT2D eigenvalue weighted by molar-refractivity contribution is 5.37. The van der Waals surface area contributed by atoms with Gasteiger partial charge in [0.1, 0.15) is 5.82 Å². The van der Waals surface area contributed by atoms with Crippen LogP contribution in [0.5, 0.6) is 0 Å². The molecule has 0 saturated heterocycles. The van der Waals surface area contributed by atoms with E-state index in [1.807, 2.05) is 38.1 Å². The Morgan fingerprint density at radius 3 is 2.25 bits per heavy atom. The molecular weight excluding hydrogens is 263 g/mol. The number of hydrogen-bond acceptors (Lipinski definition) is 1. The van der Waals surface area contributed by atoms with E-state index < -0.39 is 23.5 Å². The lowest BCUT2D eigenvalue weighted by Gasteiger charge is -2.21. The molecule has 0 fully saturated rings. The summed E-state index contributed by atoms with van der Waals surface area (Å²) in [5.74, 6) is -2.97. The molecule has 2 aromatic carbocycles. The van der Waals surface area contributed by atoms with Crippen molar-refractivity contribution >= 4 is 0 Å². The number of benzene rings is 2. The first-order chi connectivity index (χ1) is 9.54. The molecular formula is C16H16F3N. The van der Waals surface area contributed by atoms with Crippen LogP contribution in [0.2, 0.25) is 0 Å². The van der Waals surface area contributed by atoms with E-state index in [-0.39, 0.29) is 5.56 Å². The predicted molar refractivity (Wildman–Crippen MR) is 73.0 cm³/mol. The van der Waals surface area contributed by atoms with Crippen LogP contribution in [0.25, 0.3) is 0 Å². The Morgan fingerprint density at radius 2 is 1.60 bits per heavy atom. The standard InChI is InChI=1S/C16H16F3N/c1-3-20-16(11-7-5-4-6-10(11)2)12-8-14(18)15(19)9-13(12)17/h4-9,16,20H,3H2,1-2H3. The highest BCUT2D eigenvalue weighted by Gasteiger charge is 2.21. The van der Waals surface area contributed by atoms with Crippen LogP contribution in [0.1, 0.15) is 29.7 Å². The van der Waals surface area contributed by atoms with E-state index in [9.17, 15) is 13.2 Å². The van der Waals surface area contributed by atoms with Gasteiger partial charge in [-0.3, -0.25) is 0 Å². The summed E-state index contributed by atoms with van der Waals surface area (Å²) in [6.07, 6.45) is 0. The maximum atomic E-state index is 14.0. The second kappa shape index (κ2) is 6.09. The van der Waals surface area contributed by atoms with E-state index >= 15 is 0 Å². The van der Waals surface area contributed by atoms with Crippen LogP contribution in [0, 0.1) is 24.4 Å². The summed E-state index contributed by atoms with van der Waals surface area (Å²) >= 11 is 0. The summed E-state index contributed by atoms with van der Waals surface area (Å²) < 4.78 is 40.4. The van der Waals surface area contributed by atoms with Crippen LogP contribution in [-0.2, 0) is 0 Å². The summed E-state index contributed by atoms with van der Waals surface area (Å²) in [5, 5.41) is 3.11. The Balaban J connectivity index is 2.54. The first-order valence-corrected chi connectivity index (χ1v) is 6.48. The Bertz CT molecular complexity index is 611. The number of hydrogen-bond donors (Lipinski definition) is 1. The number of rotatable bonds is 4. The molecule has 0 bridgehead atoms. The van der Waals surface area contributed by atoms with Gasteiger partial charge < -0.3 is 5.32 Å². The Morgan fingerprint density at radius 1 is 0.950 bits per heavy atom. The molecule has 1 unspecified atom stereocenters. The first-order valence-electron chi connectivity index (χ1n) is 6.48. The van der Waals surface area contributed by atoms with Crippen LogP contribution in [0.4, 0.5) is 13.2 Å². The Hall–Kier alpha value is -1.81. The maximum absolute atomic E-state index is 14.0. The summed E-state index contributed by atoms with van der Waals surface area (Å²) in [7, 11) is 0. The van der Waals surface area contributed by atoms with Crippen molar-refractivity contribution in [3.05, 3.63) is 70.5 Å². The van der Waals surface area contributed by atoms with Gasteiger partial charge in [-0.15, -0.1) is 0 Å². The van der Waals surface area contributed by atoms with E-state index in [0.29, 0.717) is 12.6 Å². The molecule has 0 aromatic heterocycles. The van der Waals surface area contributed by atoms with Crippen molar-refractivity contribution in [1.29, 1.82) is 0 Å². The molecule has 0 amide bonds. The molecule has 20 heavy (non-hydrogen) atoms. The zero-order valence-electron chi connectivity index (χ0n) is 11.4. The molecule has 0 saturated carbocycles. The molecule has 1 nitrogen and oxygen atoms in total. The van der Waals surface area contributed by atoms with Crippen LogP contribution >= 0.6 is 0 Å². The van der Waals surface area contributed by atoms with Crippen molar-refractivity contribution in [3.8, 4) is 0 Å². The first kappa shape index (κ1) is 14.6. The monoisotopic (exact) mass is 279 g/mol. The molecule has 1 atom stereocenters. The van der Waals surface area contributed by atoms with Gasteiger partial charge in [0.05, 0.1) is 6.04 Å². The third-order valence-corrected chi connectivity index (χ3v) is 3.26. The molecule has 0 aliphatic carbocycles. The van der Waals surface area contributed by atoms with Gasteiger partial charge in [0.25, 0.3) is 0 Å². The van der Waals surface area contributed by atoms with Gasteiger partial charge >= 0.3 is 0 Å². The minimum Gasteiger partial charge on any atom is -0.306 e. The highest BCUT2D eigenvalue weighted by Crippen LogP contribution is 2.28. The van der Waals surface area contributed by atoms with E-state index in [1.54, 1.807) is 0 Å². The largest absolute Gasteiger partial charge is 0.306 e. The topological polar surface area (TPSA) is 12.0 Å². The number of halogens is 3. The van der Waals surface area contributed by atoms with Crippen molar-refractivity contribution in [2.45, 2.75) is 19.9 Å². The summed E-state index contributed by atoms with van der Waals surface area (Å²) in [6, 6.07) is 8.48. The minimum absolute atomic E-state index is 0.111. The van der Waals surface area contributed by atoms with Crippen molar-refractivity contribution in [2.24, 2.45) is 0 Å². The lowest BCUT2D eigenvalue weighted by atomic mass is 9.94. The van der Waals surface area contributed by atoms with Gasteiger partial charge in [-0.1, -0.05) is 31.2 Å². The number of aryl methyl sites for hydroxylation is 1. The molecule has 4 heteroatoms. The second-order valence-corrected chi connectivity index (χ2v) is 4.64. The molecule has 0 aliphatic heterocycles. The predicted octanol–water partition coefficient (Wildman–Crippen LogP) is 4.11. The lowest BCUT2D eigenvalue weighted by molar-refractivity contribution is 0.481. The number of nitrogens with one attached hydrogen (secondary N) is 1. The van der Waals surface area contributed by atoms with E-state index in [1.165, 1.54) is 0 Å². The second-order valence-electron chi connectivity index (χ2n) is 4.64. The summed E-state index contributed by atoms with van der Waals surface area (Å²) in [4.78, 5) is 0. The Labute approximate surface area is 116 Å². The molecule has 2 rings (SSSR count). The fraction of sp³-hybridized carbons (Fsp3) is 0.250. The molecule has 0 radical (unpaired) electrons. The maximum Gasteiger partial charge on any atom is 0.161 e. The van der Waals surface area contributed by atoms with Crippen molar-refractivity contribution < 1.29 is 13.2 Å². The van der Waals surface area contributed by atoms with E-state index in [2.05, 4.69) is 5.32 Å². The molecule has 106 valence electrons. The van der Waals surface area contributed by atoms with Gasteiger partial charge in [0.2, 0.25) is 0 Å². The van der Waals surface area contributed by atoms with Crippen molar-refractivity contribution in [3.63, 3.8) is 0 Å². The lowest BCUT2D eigenvalue weighted by Crippen LogP contribution is -2.24. The zero-order chi connectivity index (χ0) is 14.7. The summed E-state index contributed by atoms with van der Waals surface area (Å²) in [5.41, 5.74) is 1.92. The van der Waals surface area contributed by atoms with Gasteiger partial charge in [-0.25, -0.2) is 13.2 Å². The third kappa shape index (κ3) is 2.85. The molecule has 1 N–H and O–H groups in total. The minimum atomic E-state index is -1.17. The van der Waals surface area contributed by atoms with Gasteiger partial charge in [-0.2, -0.15) is 0 Å². The molecule has 0 aliphatic rings. The van der Waals surface area contributed by atoms with Crippen LogP contribution in [0.3, 0.4) is 0 Å². The fourth-order valence-corrected chi connectivity index (χ4v) is 2.26. The van der Waals surface area contributed by atoms with Gasteiger partial charge in [-0.05, 0) is 30.7 Å². The van der Waals surface area contributed by atoms with E-state index in [0.717, 1.165) is 17.2 Å². The van der Waals surface area contributed by atoms with Gasteiger partial charge in [0, 0.05) is 11.6 Å². The molecule has 0 heterocycles. The zero-order valence-corrected chi connectivity index (χ0v) is 11.4. The quantitative estimate of drug-likeness (QED) is 0.830. The highest BCUT2D eigenvalue weighted by atomic mass is 19.2. The van der Waals surface area contributed by atoms with Gasteiger partial charge in [0.15, 0.2) is 11.6 Å². The normalized spacial score (nSPS) is 12.4. The Kier molecular flexibility index (Phi) is 4.45. The molecule has 2 aromatic rings. The average Bonchev–Trinajstić information content (AvgIpc) is 2.42. The molecule has 0 spiro atoms. The third-order valence-electron chi connectivity index (χ3n) is 3.26. The van der Waals surface area contributed by atoms with Crippen LogP contribution < -0.4 is 5.32 Å².